The highest BCUT2D eigenvalue weighted by Crippen LogP contribution is 2.17. The summed E-state index contributed by atoms with van der Waals surface area (Å²) in [4.78, 5) is 4.53. The van der Waals surface area contributed by atoms with Gasteiger partial charge in [-0.2, -0.15) is 5.26 Å². The molecule has 0 aliphatic rings. The van der Waals surface area contributed by atoms with Gasteiger partial charge in [-0.25, -0.2) is 0 Å². The number of hydrogen-bond acceptors (Lipinski definition) is 3. The fourth-order valence-electron chi connectivity index (χ4n) is 1.70. The van der Waals surface area contributed by atoms with Gasteiger partial charge in [0.2, 0.25) is 0 Å². The zero-order chi connectivity index (χ0) is 13.7. The van der Waals surface area contributed by atoms with Crippen molar-refractivity contribution in [2.24, 2.45) is 4.99 Å². The van der Waals surface area contributed by atoms with Crippen molar-refractivity contribution in [1.82, 2.24) is 0 Å². The number of aliphatic imine (C=N–C) groups is 1. The molecule has 2 rings (SSSR count). The first-order valence-corrected chi connectivity index (χ1v) is 5.93. The van der Waals surface area contributed by atoms with E-state index in [9.17, 15) is 0 Å². The van der Waals surface area contributed by atoms with Crippen molar-refractivity contribution >= 4 is 11.4 Å². The third-order valence-corrected chi connectivity index (χ3v) is 2.80. The molecule has 19 heavy (non-hydrogen) atoms. The maximum atomic E-state index is 8.74. The van der Waals surface area contributed by atoms with Gasteiger partial charge in [0.05, 0.1) is 24.4 Å². The smallest absolute Gasteiger partial charge is 0.118 e. The molecule has 3 heteroatoms. The Kier molecular flexibility index (Phi) is 3.94. The van der Waals surface area contributed by atoms with E-state index < -0.39 is 0 Å². The van der Waals surface area contributed by atoms with Crippen LogP contribution in [0.15, 0.2) is 53.5 Å². The molecular weight excluding hydrogens is 236 g/mol. The predicted molar refractivity (Wildman–Crippen MR) is 76.0 cm³/mol. The number of nitriles is 1. The van der Waals surface area contributed by atoms with Crippen LogP contribution in [0, 0.1) is 11.3 Å². The summed E-state index contributed by atoms with van der Waals surface area (Å²) in [5.74, 6) is 0.829. The normalized spacial score (nSPS) is 10.9. The average molecular weight is 250 g/mol. The molecule has 0 saturated heterocycles. The molecule has 0 aliphatic carbocycles. The maximum Gasteiger partial charge on any atom is 0.118 e. The monoisotopic (exact) mass is 250 g/mol. The van der Waals surface area contributed by atoms with E-state index in [-0.39, 0.29) is 0 Å². The molecule has 0 spiro atoms. The van der Waals surface area contributed by atoms with Gasteiger partial charge in [-0.15, -0.1) is 0 Å². The van der Waals surface area contributed by atoms with Gasteiger partial charge < -0.3 is 4.74 Å². The van der Waals surface area contributed by atoms with Crippen LogP contribution in [0.25, 0.3) is 0 Å². The molecule has 0 atom stereocenters. The van der Waals surface area contributed by atoms with Crippen LogP contribution in [-0.4, -0.2) is 12.8 Å². The van der Waals surface area contributed by atoms with Crippen LogP contribution in [-0.2, 0) is 0 Å². The molecule has 2 aromatic carbocycles. The van der Waals surface area contributed by atoms with Crippen LogP contribution in [0.3, 0.4) is 0 Å². The van der Waals surface area contributed by atoms with Crippen LogP contribution < -0.4 is 4.74 Å². The fourth-order valence-corrected chi connectivity index (χ4v) is 1.70. The fraction of sp³-hybridized carbons (Fsp3) is 0.125. The average Bonchev–Trinajstić information content (AvgIpc) is 2.48. The topological polar surface area (TPSA) is 45.4 Å². The van der Waals surface area contributed by atoms with Crippen LogP contribution >= 0.6 is 0 Å². The van der Waals surface area contributed by atoms with E-state index in [0.717, 1.165) is 22.7 Å². The highest BCUT2D eigenvalue weighted by Gasteiger charge is 1.99. The van der Waals surface area contributed by atoms with E-state index in [2.05, 4.69) is 11.1 Å². The molecule has 0 heterocycles. The molecule has 0 unspecified atom stereocenters. The zero-order valence-electron chi connectivity index (χ0n) is 10.9. The van der Waals surface area contributed by atoms with Gasteiger partial charge >= 0.3 is 0 Å². The molecule has 0 aromatic heterocycles. The molecule has 0 radical (unpaired) electrons. The Bertz CT molecular complexity index is 619. The zero-order valence-corrected chi connectivity index (χ0v) is 10.9. The summed E-state index contributed by atoms with van der Waals surface area (Å²) in [6.07, 6.45) is 0. The van der Waals surface area contributed by atoms with E-state index in [0.29, 0.717) is 5.56 Å². The number of nitrogens with zero attached hydrogens (tertiary/aromatic N) is 2. The minimum absolute atomic E-state index is 0.640. The van der Waals surface area contributed by atoms with Gasteiger partial charge in [0.15, 0.2) is 0 Å². The molecule has 0 fully saturated rings. The number of hydrogen-bond donors (Lipinski definition) is 0. The van der Waals surface area contributed by atoms with Gasteiger partial charge in [0, 0.05) is 5.71 Å². The van der Waals surface area contributed by atoms with E-state index in [1.54, 1.807) is 19.2 Å². The maximum absolute atomic E-state index is 8.74. The first-order valence-electron chi connectivity index (χ1n) is 5.93. The van der Waals surface area contributed by atoms with Crippen LogP contribution in [0.5, 0.6) is 5.75 Å². The van der Waals surface area contributed by atoms with Crippen molar-refractivity contribution in [3.05, 3.63) is 59.7 Å². The van der Waals surface area contributed by atoms with Crippen molar-refractivity contribution in [2.75, 3.05) is 7.11 Å². The Morgan fingerprint density at radius 2 is 1.68 bits per heavy atom. The third kappa shape index (κ3) is 3.20. The lowest BCUT2D eigenvalue weighted by atomic mass is 10.1. The Hall–Kier alpha value is -2.60. The molecule has 94 valence electrons. The largest absolute Gasteiger partial charge is 0.497 e. The Balaban J connectivity index is 2.23. The van der Waals surface area contributed by atoms with E-state index in [1.807, 2.05) is 43.3 Å². The molecular formula is C16H14N2O. The lowest BCUT2D eigenvalue weighted by molar-refractivity contribution is 0.415. The summed E-state index contributed by atoms with van der Waals surface area (Å²) in [7, 11) is 1.65. The molecule has 0 N–H and O–H groups in total. The predicted octanol–water partition coefficient (Wildman–Crippen LogP) is 3.71. The van der Waals surface area contributed by atoms with Crippen molar-refractivity contribution in [1.29, 1.82) is 5.26 Å². The Labute approximate surface area is 112 Å². The van der Waals surface area contributed by atoms with Gasteiger partial charge in [-0.1, -0.05) is 0 Å². The molecule has 0 bridgehead atoms. The second-order valence-electron chi connectivity index (χ2n) is 4.08. The van der Waals surface area contributed by atoms with E-state index in [4.69, 9.17) is 10.00 Å². The summed E-state index contributed by atoms with van der Waals surface area (Å²) in [6, 6.07) is 17.1. The lowest BCUT2D eigenvalue weighted by Gasteiger charge is -2.03. The van der Waals surface area contributed by atoms with Crippen LogP contribution in [0.2, 0.25) is 0 Å². The van der Waals surface area contributed by atoms with Gasteiger partial charge in [-0.3, -0.25) is 4.99 Å². The quantitative estimate of drug-likeness (QED) is 0.779. The highest BCUT2D eigenvalue weighted by atomic mass is 16.5. The standard InChI is InChI=1S/C16H14N2O/c1-12(14-5-9-16(19-2)10-6-14)18-15-7-3-13(11-17)4-8-15/h3-10H,1-2H3. The number of benzene rings is 2. The molecule has 0 amide bonds. The highest BCUT2D eigenvalue weighted by molar-refractivity contribution is 6.00. The SMILES string of the molecule is COc1ccc(C(C)=Nc2ccc(C#N)cc2)cc1. The number of methoxy groups -OCH3 is 1. The minimum Gasteiger partial charge on any atom is -0.497 e. The first kappa shape index (κ1) is 12.8. The summed E-state index contributed by atoms with van der Waals surface area (Å²) in [5, 5.41) is 8.74. The molecule has 0 aliphatic heterocycles. The molecule has 3 nitrogen and oxygen atoms in total. The Morgan fingerprint density at radius 3 is 2.21 bits per heavy atom. The minimum atomic E-state index is 0.640. The van der Waals surface area contributed by atoms with Gasteiger partial charge in [-0.05, 0) is 61.0 Å². The first-order chi connectivity index (χ1) is 9.22. The third-order valence-electron chi connectivity index (χ3n) is 2.80. The second-order valence-corrected chi connectivity index (χ2v) is 4.08. The van der Waals surface area contributed by atoms with Crippen molar-refractivity contribution < 1.29 is 4.74 Å². The second kappa shape index (κ2) is 5.83. The number of ether oxygens (including phenoxy) is 1. The lowest BCUT2D eigenvalue weighted by Crippen LogP contribution is -1.94. The van der Waals surface area contributed by atoms with Crippen LogP contribution in [0.4, 0.5) is 5.69 Å². The van der Waals surface area contributed by atoms with E-state index >= 15 is 0 Å². The van der Waals surface area contributed by atoms with Gasteiger partial charge in [0.25, 0.3) is 0 Å². The molecule has 2 aromatic rings. The van der Waals surface area contributed by atoms with E-state index in [1.165, 1.54) is 0 Å². The van der Waals surface area contributed by atoms with Crippen molar-refractivity contribution in [3.63, 3.8) is 0 Å². The summed E-state index contributed by atoms with van der Waals surface area (Å²) in [5.41, 5.74) is 3.45. The summed E-state index contributed by atoms with van der Waals surface area (Å²) < 4.78 is 5.12. The van der Waals surface area contributed by atoms with Crippen molar-refractivity contribution in [3.8, 4) is 11.8 Å². The van der Waals surface area contributed by atoms with Crippen LogP contribution in [0.1, 0.15) is 18.1 Å². The van der Waals surface area contributed by atoms with Crippen molar-refractivity contribution in [2.45, 2.75) is 6.92 Å². The Morgan fingerprint density at radius 1 is 1.05 bits per heavy atom. The summed E-state index contributed by atoms with van der Waals surface area (Å²) >= 11 is 0. The molecule has 0 saturated carbocycles. The number of rotatable bonds is 3. The summed E-state index contributed by atoms with van der Waals surface area (Å²) in [6.45, 7) is 1.96. The van der Waals surface area contributed by atoms with Gasteiger partial charge in [0.1, 0.15) is 5.75 Å².